The summed E-state index contributed by atoms with van der Waals surface area (Å²) in [6.07, 6.45) is -8.76. The van der Waals surface area contributed by atoms with E-state index in [1.54, 1.807) is 6.92 Å². The third-order valence-corrected chi connectivity index (χ3v) is 7.20. The average Bonchev–Trinajstić information content (AvgIpc) is 3.16. The minimum absolute atomic E-state index is 0.0406. The van der Waals surface area contributed by atoms with E-state index in [0.717, 1.165) is 37.8 Å². The summed E-state index contributed by atoms with van der Waals surface area (Å²) < 4.78 is 110. The molecule has 39 heavy (non-hydrogen) atoms. The van der Waals surface area contributed by atoms with E-state index in [0.29, 0.717) is 18.5 Å². The maximum absolute atomic E-state index is 13.2. The number of ether oxygens (including phenoxy) is 1. The lowest BCUT2D eigenvalue weighted by atomic mass is 9.83. The van der Waals surface area contributed by atoms with Crippen molar-refractivity contribution in [3.05, 3.63) is 34.5 Å². The van der Waals surface area contributed by atoms with Gasteiger partial charge in [-0.25, -0.2) is 0 Å². The Morgan fingerprint density at radius 1 is 1.13 bits per heavy atom. The molecular formula is C25H28ClF8N3O2. The molecule has 0 spiro atoms. The second kappa shape index (κ2) is 12.3. The summed E-state index contributed by atoms with van der Waals surface area (Å²) in [5.74, 6) is -4.10. The number of carbonyl (C=O) groups excluding carboxylic acids is 1. The van der Waals surface area contributed by atoms with Crippen molar-refractivity contribution in [3.63, 3.8) is 0 Å². The van der Waals surface area contributed by atoms with Gasteiger partial charge in [-0.3, -0.25) is 9.48 Å². The Morgan fingerprint density at radius 2 is 1.74 bits per heavy atom. The number of hydrogen-bond donors (Lipinski definition) is 1. The molecule has 1 aliphatic rings. The molecule has 1 aromatic heterocycles. The van der Waals surface area contributed by atoms with Crippen LogP contribution in [0, 0.1) is 17.8 Å². The fourth-order valence-electron chi connectivity index (χ4n) is 4.66. The number of benzene rings is 1. The highest BCUT2D eigenvalue weighted by atomic mass is 35.5. The molecule has 2 aromatic rings. The first-order chi connectivity index (χ1) is 18.1. The molecule has 14 heteroatoms. The van der Waals surface area contributed by atoms with Crippen LogP contribution in [0.3, 0.4) is 0 Å². The number of carbonyl (C=O) groups is 1. The molecule has 5 nitrogen and oxygen atoms in total. The second-order valence-electron chi connectivity index (χ2n) is 9.71. The number of aromatic nitrogens is 2. The number of halogens is 9. The molecule has 1 N–H and O–H groups in total. The SMILES string of the molecule is CCn1nc(C(=O)NCC2CCC(C)CC2)c(Cl)c1-c1ccc(CC(C(F)(F)F)C(F)(F)F)cc1OC(F)F. The van der Waals surface area contributed by atoms with E-state index in [1.807, 2.05) is 0 Å². The second-order valence-corrected chi connectivity index (χ2v) is 10.1. The van der Waals surface area contributed by atoms with Gasteiger partial charge in [-0.05, 0) is 55.7 Å². The van der Waals surface area contributed by atoms with Gasteiger partial charge in [0.1, 0.15) is 5.75 Å². The summed E-state index contributed by atoms with van der Waals surface area (Å²) in [5.41, 5.74) is -0.943. The normalized spacial score (nSPS) is 18.6. The predicted molar refractivity (Wildman–Crippen MR) is 128 cm³/mol. The Kier molecular flexibility index (Phi) is 9.77. The van der Waals surface area contributed by atoms with E-state index in [9.17, 15) is 39.9 Å². The molecule has 0 radical (unpaired) electrons. The Hall–Kier alpha value is -2.57. The van der Waals surface area contributed by atoms with Crippen LogP contribution in [0.5, 0.6) is 5.75 Å². The number of alkyl halides is 8. The molecule has 1 heterocycles. The van der Waals surface area contributed by atoms with Gasteiger partial charge in [-0.1, -0.05) is 37.4 Å². The Bertz CT molecular complexity index is 1130. The summed E-state index contributed by atoms with van der Waals surface area (Å²) in [6.45, 7) is 0.846. The van der Waals surface area contributed by atoms with Gasteiger partial charge in [0, 0.05) is 18.7 Å². The highest BCUT2D eigenvalue weighted by Gasteiger charge is 2.56. The van der Waals surface area contributed by atoms with Gasteiger partial charge >= 0.3 is 19.0 Å². The van der Waals surface area contributed by atoms with Crippen LogP contribution in [0.15, 0.2) is 18.2 Å². The van der Waals surface area contributed by atoms with Crippen LogP contribution in [-0.2, 0) is 13.0 Å². The lowest BCUT2D eigenvalue weighted by Gasteiger charge is -2.26. The number of rotatable bonds is 9. The number of amides is 1. The van der Waals surface area contributed by atoms with Crippen molar-refractivity contribution < 1.29 is 44.7 Å². The van der Waals surface area contributed by atoms with E-state index < -0.39 is 48.5 Å². The average molecular weight is 590 g/mol. The van der Waals surface area contributed by atoms with Crippen molar-refractivity contribution in [1.82, 2.24) is 15.1 Å². The molecule has 218 valence electrons. The quantitative estimate of drug-likeness (QED) is 0.306. The summed E-state index contributed by atoms with van der Waals surface area (Å²) >= 11 is 6.45. The van der Waals surface area contributed by atoms with E-state index in [-0.39, 0.29) is 34.4 Å². The van der Waals surface area contributed by atoms with Crippen LogP contribution in [0.1, 0.15) is 55.6 Å². The minimum atomic E-state index is -5.61. The van der Waals surface area contributed by atoms with Crippen LogP contribution < -0.4 is 10.1 Å². The van der Waals surface area contributed by atoms with Crippen molar-refractivity contribution in [2.24, 2.45) is 17.8 Å². The first-order valence-corrected chi connectivity index (χ1v) is 12.8. The smallest absolute Gasteiger partial charge is 0.400 e. The summed E-state index contributed by atoms with van der Waals surface area (Å²) in [6, 6.07) is 2.64. The van der Waals surface area contributed by atoms with Gasteiger partial charge in [0.15, 0.2) is 11.6 Å². The first kappa shape index (κ1) is 31.0. The van der Waals surface area contributed by atoms with Gasteiger partial charge in [-0.15, -0.1) is 0 Å². The standard InChI is InChI=1S/C25H28ClF8N3O2/c1-3-37-21(19(26)20(36-37)22(38)35-12-14-6-4-13(2)5-7-14)16-9-8-15(10-17(16)39-23(27)28)11-18(24(29,30)31)25(32,33)34/h8-10,13-14,18,23H,3-7,11-12H2,1-2H3,(H,35,38). The van der Waals surface area contributed by atoms with Crippen LogP contribution in [0.2, 0.25) is 5.02 Å². The van der Waals surface area contributed by atoms with Gasteiger partial charge in [-0.2, -0.15) is 40.2 Å². The number of hydrogen-bond acceptors (Lipinski definition) is 3. The molecule has 1 saturated carbocycles. The van der Waals surface area contributed by atoms with Crippen molar-refractivity contribution in [2.75, 3.05) is 6.54 Å². The predicted octanol–water partition coefficient (Wildman–Crippen LogP) is 7.66. The van der Waals surface area contributed by atoms with Gasteiger partial charge in [0.05, 0.1) is 10.7 Å². The lowest BCUT2D eigenvalue weighted by Crippen LogP contribution is -2.38. The third-order valence-electron chi connectivity index (χ3n) is 6.84. The maximum Gasteiger partial charge on any atom is 0.400 e. The zero-order chi connectivity index (χ0) is 29.1. The molecular weight excluding hydrogens is 562 g/mol. The number of aryl methyl sites for hydroxylation is 1. The highest BCUT2D eigenvalue weighted by molar-refractivity contribution is 6.36. The summed E-state index contributed by atoms with van der Waals surface area (Å²) in [5, 5.41) is 6.73. The zero-order valence-electron chi connectivity index (χ0n) is 21.1. The molecule has 1 amide bonds. The van der Waals surface area contributed by atoms with Gasteiger partial charge in [0.2, 0.25) is 0 Å². The molecule has 0 bridgehead atoms. The summed E-state index contributed by atoms with van der Waals surface area (Å²) in [7, 11) is 0. The van der Waals surface area contributed by atoms with Crippen molar-refractivity contribution in [3.8, 4) is 17.0 Å². The van der Waals surface area contributed by atoms with E-state index >= 15 is 0 Å². The van der Waals surface area contributed by atoms with Crippen LogP contribution in [-0.4, -0.2) is 41.2 Å². The topological polar surface area (TPSA) is 56.2 Å². The lowest BCUT2D eigenvalue weighted by molar-refractivity contribution is -0.283. The van der Waals surface area contributed by atoms with E-state index in [2.05, 4.69) is 22.1 Å². The van der Waals surface area contributed by atoms with Crippen molar-refractivity contribution in [2.45, 2.75) is 71.5 Å². The van der Waals surface area contributed by atoms with E-state index in [4.69, 9.17) is 11.6 Å². The fourth-order valence-corrected chi connectivity index (χ4v) is 4.98. The van der Waals surface area contributed by atoms with Crippen LogP contribution in [0.4, 0.5) is 35.1 Å². The maximum atomic E-state index is 13.2. The largest absolute Gasteiger partial charge is 0.434 e. The van der Waals surface area contributed by atoms with Crippen molar-refractivity contribution >= 4 is 17.5 Å². The fraction of sp³-hybridized carbons (Fsp3) is 0.600. The Morgan fingerprint density at radius 3 is 2.28 bits per heavy atom. The molecule has 3 rings (SSSR count). The Labute approximate surface area is 224 Å². The van der Waals surface area contributed by atoms with Crippen LogP contribution in [0.25, 0.3) is 11.3 Å². The molecule has 1 fully saturated rings. The first-order valence-electron chi connectivity index (χ1n) is 12.4. The molecule has 0 saturated heterocycles. The third kappa shape index (κ3) is 7.76. The number of nitrogens with one attached hydrogen (secondary N) is 1. The minimum Gasteiger partial charge on any atom is -0.434 e. The van der Waals surface area contributed by atoms with Crippen molar-refractivity contribution in [1.29, 1.82) is 0 Å². The Balaban J connectivity index is 1.94. The highest BCUT2D eigenvalue weighted by Crippen LogP contribution is 2.43. The molecule has 0 atom stereocenters. The molecule has 1 aliphatic carbocycles. The van der Waals surface area contributed by atoms with E-state index in [1.165, 1.54) is 4.68 Å². The zero-order valence-corrected chi connectivity index (χ0v) is 21.9. The molecule has 1 aromatic carbocycles. The number of nitrogens with zero attached hydrogens (tertiary/aromatic N) is 2. The monoisotopic (exact) mass is 589 g/mol. The van der Waals surface area contributed by atoms with Gasteiger partial charge in [0.25, 0.3) is 5.91 Å². The van der Waals surface area contributed by atoms with Crippen LogP contribution >= 0.6 is 11.6 Å². The molecule has 0 aliphatic heterocycles. The molecule has 0 unspecified atom stereocenters. The van der Waals surface area contributed by atoms with Gasteiger partial charge < -0.3 is 10.1 Å². The summed E-state index contributed by atoms with van der Waals surface area (Å²) in [4.78, 5) is 12.9.